The third-order valence-electron chi connectivity index (χ3n) is 4.01. The molecule has 9 nitrogen and oxygen atoms in total. The van der Waals surface area contributed by atoms with E-state index in [9.17, 15) is 14.9 Å². The normalized spacial score (nSPS) is 14.3. The van der Waals surface area contributed by atoms with Crippen molar-refractivity contribution in [3.8, 4) is 11.6 Å². The number of aromatic nitrogens is 2. The number of carbonyl (C=O) groups excluding carboxylic acids is 1. The van der Waals surface area contributed by atoms with E-state index in [0.29, 0.717) is 30.6 Å². The van der Waals surface area contributed by atoms with Gasteiger partial charge in [0, 0.05) is 30.8 Å². The molecule has 1 aromatic carbocycles. The Balaban J connectivity index is 1.43. The molecule has 0 saturated carbocycles. The van der Waals surface area contributed by atoms with Crippen molar-refractivity contribution in [3.05, 3.63) is 64.2 Å². The van der Waals surface area contributed by atoms with E-state index in [-0.39, 0.29) is 23.1 Å². The molecule has 0 N–H and O–H groups in total. The monoisotopic (exact) mass is 340 g/mol. The zero-order valence-corrected chi connectivity index (χ0v) is 12.9. The highest BCUT2D eigenvalue weighted by Gasteiger charge is 2.36. The molecule has 0 bridgehead atoms. The summed E-state index contributed by atoms with van der Waals surface area (Å²) < 4.78 is 10.4. The maximum Gasteiger partial charge on any atom is 0.270 e. The Labute approximate surface area is 141 Å². The van der Waals surface area contributed by atoms with Crippen LogP contribution in [0.1, 0.15) is 22.2 Å². The lowest BCUT2D eigenvalue weighted by atomic mass is 9.98. The second-order valence-corrected chi connectivity index (χ2v) is 5.65. The van der Waals surface area contributed by atoms with Gasteiger partial charge in [-0.05, 0) is 18.2 Å². The highest BCUT2D eigenvalue weighted by Crippen LogP contribution is 2.29. The average Bonchev–Trinajstić information content (AvgIpc) is 3.25. The van der Waals surface area contributed by atoms with Crippen molar-refractivity contribution in [2.45, 2.75) is 5.92 Å². The van der Waals surface area contributed by atoms with Crippen molar-refractivity contribution in [2.75, 3.05) is 13.1 Å². The van der Waals surface area contributed by atoms with Gasteiger partial charge in [-0.2, -0.15) is 4.98 Å². The molecule has 0 radical (unpaired) electrons. The number of hydrogen-bond donors (Lipinski definition) is 0. The lowest BCUT2D eigenvalue weighted by Gasteiger charge is -2.37. The molecule has 3 aromatic rings. The Bertz CT molecular complexity index is 928. The second-order valence-electron chi connectivity index (χ2n) is 5.65. The van der Waals surface area contributed by atoms with Crippen molar-refractivity contribution in [2.24, 2.45) is 0 Å². The molecular weight excluding hydrogens is 328 g/mol. The molecular formula is C16H12N4O5. The van der Waals surface area contributed by atoms with E-state index in [1.54, 1.807) is 23.1 Å². The highest BCUT2D eigenvalue weighted by atomic mass is 16.6. The summed E-state index contributed by atoms with van der Waals surface area (Å²) in [5, 5.41) is 14.7. The number of nitro groups is 1. The Morgan fingerprint density at radius 3 is 2.84 bits per heavy atom. The van der Waals surface area contributed by atoms with Crippen LogP contribution in [0.15, 0.2) is 51.6 Å². The van der Waals surface area contributed by atoms with E-state index in [2.05, 4.69) is 10.1 Å². The van der Waals surface area contributed by atoms with Crippen molar-refractivity contribution in [1.29, 1.82) is 0 Å². The Hall–Kier alpha value is -3.49. The number of nitro benzene ring substituents is 1. The van der Waals surface area contributed by atoms with E-state index < -0.39 is 4.92 Å². The first-order valence-electron chi connectivity index (χ1n) is 7.53. The molecule has 9 heteroatoms. The molecule has 0 aliphatic carbocycles. The molecule has 2 aromatic heterocycles. The minimum absolute atomic E-state index is 0.0566. The largest absolute Gasteiger partial charge is 0.461 e. The quantitative estimate of drug-likeness (QED) is 0.529. The first kappa shape index (κ1) is 15.1. The van der Waals surface area contributed by atoms with Crippen molar-refractivity contribution >= 4 is 11.6 Å². The SMILES string of the molecule is O=C(c1cccc([N+](=O)[O-])c1)N1CC(c2nc(-c3ccco3)no2)C1. The number of amides is 1. The van der Waals surface area contributed by atoms with E-state index >= 15 is 0 Å². The first-order chi connectivity index (χ1) is 12.1. The molecule has 1 fully saturated rings. The Morgan fingerprint density at radius 2 is 2.12 bits per heavy atom. The summed E-state index contributed by atoms with van der Waals surface area (Å²) in [6.07, 6.45) is 1.52. The standard InChI is InChI=1S/C16H12N4O5/c21-16(10-3-1-4-12(7-10)20(22)23)19-8-11(9-19)15-17-14(18-25-15)13-5-2-6-24-13/h1-7,11H,8-9H2. The molecule has 126 valence electrons. The number of furan rings is 1. The van der Waals surface area contributed by atoms with Gasteiger partial charge in [-0.15, -0.1) is 0 Å². The number of non-ortho nitro benzene ring substituents is 1. The predicted molar refractivity (Wildman–Crippen MR) is 83.7 cm³/mol. The van der Waals surface area contributed by atoms with E-state index in [1.165, 1.54) is 24.5 Å². The van der Waals surface area contributed by atoms with Crippen LogP contribution < -0.4 is 0 Å². The maximum atomic E-state index is 12.4. The zero-order chi connectivity index (χ0) is 17.4. The lowest BCUT2D eigenvalue weighted by Crippen LogP contribution is -2.48. The van der Waals surface area contributed by atoms with Gasteiger partial charge in [0.15, 0.2) is 5.76 Å². The fourth-order valence-corrected chi connectivity index (χ4v) is 2.64. The van der Waals surface area contributed by atoms with Gasteiger partial charge in [0.05, 0.1) is 17.1 Å². The van der Waals surface area contributed by atoms with Gasteiger partial charge >= 0.3 is 0 Å². The van der Waals surface area contributed by atoms with Gasteiger partial charge in [0.2, 0.25) is 11.7 Å². The van der Waals surface area contributed by atoms with Crippen LogP contribution in [0.5, 0.6) is 0 Å². The number of likely N-dealkylation sites (tertiary alicyclic amines) is 1. The van der Waals surface area contributed by atoms with Crippen LogP contribution in [0.2, 0.25) is 0 Å². The summed E-state index contributed by atoms with van der Waals surface area (Å²) in [5.74, 6) is 1.00. The molecule has 1 saturated heterocycles. The van der Waals surface area contributed by atoms with Gasteiger partial charge in [0.25, 0.3) is 11.6 Å². The van der Waals surface area contributed by atoms with Crippen molar-refractivity contribution in [1.82, 2.24) is 15.0 Å². The number of benzene rings is 1. The summed E-state index contributed by atoms with van der Waals surface area (Å²) >= 11 is 0. The molecule has 0 unspecified atom stereocenters. The molecule has 0 spiro atoms. The lowest BCUT2D eigenvalue weighted by molar-refractivity contribution is -0.384. The van der Waals surface area contributed by atoms with Crippen LogP contribution in [-0.2, 0) is 0 Å². The molecule has 25 heavy (non-hydrogen) atoms. The van der Waals surface area contributed by atoms with Crippen molar-refractivity contribution < 1.29 is 18.7 Å². The minimum atomic E-state index is -0.524. The van der Waals surface area contributed by atoms with Gasteiger partial charge in [0.1, 0.15) is 0 Å². The number of carbonyl (C=O) groups is 1. The van der Waals surface area contributed by atoms with E-state index in [0.717, 1.165) is 0 Å². The zero-order valence-electron chi connectivity index (χ0n) is 12.9. The summed E-state index contributed by atoms with van der Waals surface area (Å²) in [5.41, 5.74) is 0.178. The van der Waals surface area contributed by atoms with Gasteiger partial charge in [-0.25, -0.2) is 0 Å². The molecule has 1 aliphatic rings. The number of rotatable bonds is 4. The number of hydrogen-bond acceptors (Lipinski definition) is 7. The molecule has 4 rings (SSSR count). The fourth-order valence-electron chi connectivity index (χ4n) is 2.64. The van der Waals surface area contributed by atoms with Gasteiger partial charge < -0.3 is 13.8 Å². The van der Waals surface area contributed by atoms with Crippen LogP contribution in [0.4, 0.5) is 5.69 Å². The first-order valence-corrected chi connectivity index (χ1v) is 7.53. The summed E-state index contributed by atoms with van der Waals surface area (Å²) in [4.78, 5) is 28.5. The third kappa shape index (κ3) is 2.75. The molecule has 3 heterocycles. The average molecular weight is 340 g/mol. The molecule has 1 amide bonds. The van der Waals surface area contributed by atoms with E-state index in [4.69, 9.17) is 8.94 Å². The predicted octanol–water partition coefficient (Wildman–Crippen LogP) is 2.48. The minimum Gasteiger partial charge on any atom is -0.461 e. The molecule has 1 aliphatic heterocycles. The Morgan fingerprint density at radius 1 is 1.28 bits per heavy atom. The summed E-state index contributed by atoms with van der Waals surface area (Å²) in [7, 11) is 0. The van der Waals surface area contributed by atoms with Crippen LogP contribution >= 0.6 is 0 Å². The van der Waals surface area contributed by atoms with Crippen LogP contribution in [0.3, 0.4) is 0 Å². The smallest absolute Gasteiger partial charge is 0.270 e. The maximum absolute atomic E-state index is 12.4. The van der Waals surface area contributed by atoms with Crippen LogP contribution in [-0.4, -0.2) is 39.0 Å². The Kier molecular flexibility index (Phi) is 3.53. The van der Waals surface area contributed by atoms with Gasteiger partial charge in [-0.1, -0.05) is 11.2 Å². The van der Waals surface area contributed by atoms with Gasteiger partial charge in [-0.3, -0.25) is 14.9 Å². The summed E-state index contributed by atoms with van der Waals surface area (Å²) in [6, 6.07) is 9.14. The van der Waals surface area contributed by atoms with Crippen LogP contribution in [0.25, 0.3) is 11.6 Å². The third-order valence-corrected chi connectivity index (χ3v) is 4.01. The van der Waals surface area contributed by atoms with Crippen LogP contribution in [0, 0.1) is 10.1 Å². The van der Waals surface area contributed by atoms with E-state index in [1.807, 2.05) is 0 Å². The summed E-state index contributed by atoms with van der Waals surface area (Å²) in [6.45, 7) is 0.836. The molecule has 0 atom stereocenters. The van der Waals surface area contributed by atoms with Crippen molar-refractivity contribution in [3.63, 3.8) is 0 Å². The fraction of sp³-hybridized carbons (Fsp3) is 0.188. The number of nitrogens with zero attached hydrogens (tertiary/aromatic N) is 4. The topological polar surface area (TPSA) is 116 Å². The highest BCUT2D eigenvalue weighted by molar-refractivity contribution is 5.95. The second kappa shape index (κ2) is 5.86.